The molecule has 1 aromatic heterocycles. The summed E-state index contributed by atoms with van der Waals surface area (Å²) in [6.45, 7) is 5.26. The maximum absolute atomic E-state index is 13.0. The predicted octanol–water partition coefficient (Wildman–Crippen LogP) is 2.92. The first kappa shape index (κ1) is 13.3. The summed E-state index contributed by atoms with van der Waals surface area (Å²) in [5, 5.41) is 2.77. The van der Waals surface area contributed by atoms with Gasteiger partial charge >= 0.3 is 0 Å². The summed E-state index contributed by atoms with van der Waals surface area (Å²) in [4.78, 5) is 16.1. The molecule has 0 saturated heterocycles. The number of carbonyl (C=O) groups excluding carboxylic acids is 1. The van der Waals surface area contributed by atoms with Gasteiger partial charge in [0, 0.05) is 5.56 Å². The van der Waals surface area contributed by atoms with E-state index in [4.69, 9.17) is 4.42 Å². The van der Waals surface area contributed by atoms with Crippen LogP contribution in [0.3, 0.4) is 0 Å². The number of hydrogen-bond donors (Lipinski definition) is 1. The minimum Gasteiger partial charge on any atom is -0.444 e. The molecule has 0 aliphatic rings. The number of nitrogens with one attached hydrogen (secondary N) is 1. The molecule has 0 aliphatic heterocycles. The van der Waals surface area contributed by atoms with E-state index < -0.39 is 0 Å². The molecule has 100 valence electrons. The van der Waals surface area contributed by atoms with Crippen molar-refractivity contribution >= 4 is 5.91 Å². The van der Waals surface area contributed by atoms with Crippen LogP contribution < -0.4 is 5.32 Å². The largest absolute Gasteiger partial charge is 0.444 e. The third-order valence-corrected chi connectivity index (χ3v) is 2.79. The van der Waals surface area contributed by atoms with Gasteiger partial charge in [-0.1, -0.05) is 0 Å². The highest BCUT2D eigenvalue weighted by Gasteiger charge is 2.16. The van der Waals surface area contributed by atoms with Crippen molar-refractivity contribution in [3.05, 3.63) is 53.0 Å². The summed E-state index contributed by atoms with van der Waals surface area (Å²) in [7, 11) is 0. The van der Waals surface area contributed by atoms with Crippen molar-refractivity contribution in [2.75, 3.05) is 0 Å². The van der Waals surface area contributed by atoms with Gasteiger partial charge in [-0.2, -0.15) is 0 Å². The normalized spacial score (nSPS) is 12.2. The zero-order valence-electron chi connectivity index (χ0n) is 11.0. The van der Waals surface area contributed by atoms with Crippen LogP contribution in [-0.4, -0.2) is 10.9 Å². The Bertz CT molecular complexity index is 607. The van der Waals surface area contributed by atoms with Crippen LogP contribution in [0.1, 0.15) is 40.5 Å². The fourth-order valence-corrected chi connectivity index (χ4v) is 1.79. The summed E-state index contributed by atoms with van der Waals surface area (Å²) < 4.78 is 18.3. The molecular formula is C14H15FN2O2. The number of aryl methyl sites for hydroxylation is 2. The van der Waals surface area contributed by atoms with Crippen molar-refractivity contribution < 1.29 is 13.6 Å². The number of rotatable bonds is 3. The number of oxazole rings is 1. The number of amides is 1. The van der Waals surface area contributed by atoms with Gasteiger partial charge in [0.1, 0.15) is 17.6 Å². The van der Waals surface area contributed by atoms with Gasteiger partial charge in [-0.15, -0.1) is 0 Å². The number of carbonyl (C=O) groups is 1. The lowest BCUT2D eigenvalue weighted by Crippen LogP contribution is -2.27. The third-order valence-electron chi connectivity index (χ3n) is 2.79. The third kappa shape index (κ3) is 2.99. The highest BCUT2D eigenvalue weighted by molar-refractivity contribution is 5.95. The van der Waals surface area contributed by atoms with Crippen molar-refractivity contribution in [1.29, 1.82) is 0 Å². The first-order valence-corrected chi connectivity index (χ1v) is 5.96. The number of benzene rings is 1. The Hall–Kier alpha value is -2.17. The van der Waals surface area contributed by atoms with E-state index in [2.05, 4.69) is 10.3 Å². The van der Waals surface area contributed by atoms with Crippen molar-refractivity contribution in [3.8, 4) is 0 Å². The molecule has 4 nitrogen and oxygen atoms in total. The van der Waals surface area contributed by atoms with Gasteiger partial charge in [-0.3, -0.25) is 4.79 Å². The van der Waals surface area contributed by atoms with E-state index in [0.29, 0.717) is 22.8 Å². The maximum Gasteiger partial charge on any atom is 0.252 e. The first-order valence-electron chi connectivity index (χ1n) is 5.96. The number of halogens is 1. The van der Waals surface area contributed by atoms with E-state index in [1.165, 1.54) is 18.2 Å². The fourth-order valence-electron chi connectivity index (χ4n) is 1.79. The quantitative estimate of drug-likeness (QED) is 0.925. The molecular weight excluding hydrogens is 247 g/mol. The second-order valence-corrected chi connectivity index (χ2v) is 4.46. The van der Waals surface area contributed by atoms with E-state index in [1.807, 2.05) is 0 Å². The Morgan fingerprint density at radius 1 is 1.42 bits per heavy atom. The Labute approximate surface area is 110 Å². The van der Waals surface area contributed by atoms with Gasteiger partial charge in [0.2, 0.25) is 5.89 Å². The molecule has 0 radical (unpaired) electrons. The first-order chi connectivity index (χ1) is 8.97. The highest BCUT2D eigenvalue weighted by atomic mass is 19.1. The molecule has 0 saturated carbocycles. The average molecular weight is 262 g/mol. The van der Waals surface area contributed by atoms with E-state index in [9.17, 15) is 9.18 Å². The van der Waals surface area contributed by atoms with Crippen molar-refractivity contribution in [2.45, 2.75) is 26.8 Å². The summed E-state index contributed by atoms with van der Waals surface area (Å²) in [5.41, 5.74) is 1.03. The fraction of sp³-hybridized carbons (Fsp3) is 0.286. The topological polar surface area (TPSA) is 55.1 Å². The molecule has 0 fully saturated rings. The van der Waals surface area contributed by atoms with E-state index in [-0.39, 0.29) is 17.8 Å². The van der Waals surface area contributed by atoms with Crippen LogP contribution >= 0.6 is 0 Å². The van der Waals surface area contributed by atoms with Crippen molar-refractivity contribution in [3.63, 3.8) is 0 Å². The lowest BCUT2D eigenvalue weighted by atomic mass is 10.1. The van der Waals surface area contributed by atoms with Gasteiger partial charge in [-0.05, 0) is 44.5 Å². The molecule has 1 aromatic carbocycles. The van der Waals surface area contributed by atoms with Crippen molar-refractivity contribution in [2.24, 2.45) is 0 Å². The molecule has 0 spiro atoms. The van der Waals surface area contributed by atoms with Crippen molar-refractivity contribution in [1.82, 2.24) is 10.3 Å². The Morgan fingerprint density at radius 3 is 2.74 bits per heavy atom. The minimum atomic E-state index is -0.356. The lowest BCUT2D eigenvalue weighted by Gasteiger charge is -2.12. The molecule has 2 rings (SSSR count). The second kappa shape index (κ2) is 5.22. The van der Waals surface area contributed by atoms with E-state index in [1.54, 1.807) is 27.0 Å². The standard InChI is InChI=1S/C14H15FN2O2/c1-8-6-11(15)4-5-12(8)13(18)17-10(3)14-16-7-9(2)19-14/h4-7,10H,1-3H3,(H,17,18). The van der Waals surface area contributed by atoms with Gasteiger partial charge in [0.05, 0.1) is 6.20 Å². The summed E-state index contributed by atoms with van der Waals surface area (Å²) in [6, 6.07) is 3.72. The van der Waals surface area contributed by atoms with Gasteiger partial charge in [0.25, 0.3) is 5.91 Å². The van der Waals surface area contributed by atoms with Crippen LogP contribution in [0.2, 0.25) is 0 Å². The monoisotopic (exact) mass is 262 g/mol. The molecule has 1 amide bonds. The molecule has 1 atom stereocenters. The van der Waals surface area contributed by atoms with Crippen LogP contribution in [0.25, 0.3) is 0 Å². The van der Waals surface area contributed by atoms with Crippen LogP contribution in [-0.2, 0) is 0 Å². The molecule has 0 aliphatic carbocycles. The zero-order chi connectivity index (χ0) is 14.0. The molecule has 19 heavy (non-hydrogen) atoms. The lowest BCUT2D eigenvalue weighted by molar-refractivity contribution is 0.0933. The van der Waals surface area contributed by atoms with Crippen LogP contribution in [0.5, 0.6) is 0 Å². The summed E-state index contributed by atoms with van der Waals surface area (Å²) in [5.74, 6) is 0.506. The molecule has 2 aromatic rings. The van der Waals surface area contributed by atoms with Crippen LogP contribution in [0.4, 0.5) is 4.39 Å². The average Bonchev–Trinajstić information content (AvgIpc) is 2.75. The molecule has 5 heteroatoms. The SMILES string of the molecule is Cc1cnc(C(C)NC(=O)c2ccc(F)cc2C)o1. The molecule has 1 unspecified atom stereocenters. The van der Waals surface area contributed by atoms with Gasteiger partial charge < -0.3 is 9.73 Å². The van der Waals surface area contributed by atoms with E-state index in [0.717, 1.165) is 0 Å². The number of hydrogen-bond acceptors (Lipinski definition) is 3. The zero-order valence-corrected chi connectivity index (χ0v) is 11.0. The summed E-state index contributed by atoms with van der Waals surface area (Å²) in [6.07, 6.45) is 1.60. The number of aromatic nitrogens is 1. The molecule has 1 N–H and O–H groups in total. The molecule has 1 heterocycles. The Balaban J connectivity index is 2.12. The van der Waals surface area contributed by atoms with Gasteiger partial charge in [0.15, 0.2) is 0 Å². The summed E-state index contributed by atoms with van der Waals surface area (Å²) >= 11 is 0. The van der Waals surface area contributed by atoms with E-state index >= 15 is 0 Å². The van der Waals surface area contributed by atoms with Crippen LogP contribution in [0, 0.1) is 19.7 Å². The minimum absolute atomic E-state index is 0.277. The Kier molecular flexibility index (Phi) is 3.64. The van der Waals surface area contributed by atoms with Gasteiger partial charge in [-0.25, -0.2) is 9.37 Å². The molecule has 0 bridgehead atoms. The Morgan fingerprint density at radius 2 is 2.16 bits per heavy atom. The van der Waals surface area contributed by atoms with Crippen LogP contribution in [0.15, 0.2) is 28.8 Å². The second-order valence-electron chi connectivity index (χ2n) is 4.46. The predicted molar refractivity (Wildman–Crippen MR) is 68.3 cm³/mol. The smallest absolute Gasteiger partial charge is 0.252 e. The highest BCUT2D eigenvalue weighted by Crippen LogP contribution is 2.15. The number of nitrogens with zero attached hydrogens (tertiary/aromatic N) is 1. The maximum atomic E-state index is 13.0.